The standard InChI is InChI=1S/C19H24N4O/c1-14-7-6-8-16(11-14)13-20-19-21-15(2)12-17(22-19)18(24)23-9-4-3-5-10-23/h6-8,11-12H,3-5,9-10,13H2,1-2H3,(H,20,21,22). The predicted octanol–water partition coefficient (Wildman–Crippen LogP) is 3.33. The van der Waals surface area contributed by atoms with E-state index in [-0.39, 0.29) is 5.91 Å². The molecule has 24 heavy (non-hydrogen) atoms. The second kappa shape index (κ2) is 7.43. The maximum Gasteiger partial charge on any atom is 0.272 e. The highest BCUT2D eigenvalue weighted by atomic mass is 16.2. The van der Waals surface area contributed by atoms with Gasteiger partial charge in [-0.1, -0.05) is 29.8 Å². The lowest BCUT2D eigenvalue weighted by Crippen LogP contribution is -2.36. The summed E-state index contributed by atoms with van der Waals surface area (Å²) in [6.45, 7) is 6.26. The highest BCUT2D eigenvalue weighted by Gasteiger charge is 2.20. The molecular formula is C19H24N4O. The molecule has 1 amide bonds. The van der Waals surface area contributed by atoms with E-state index >= 15 is 0 Å². The number of anilines is 1. The van der Waals surface area contributed by atoms with E-state index in [1.807, 2.05) is 17.9 Å². The maximum absolute atomic E-state index is 12.6. The zero-order chi connectivity index (χ0) is 16.9. The van der Waals surface area contributed by atoms with Crippen LogP contribution in [0.3, 0.4) is 0 Å². The lowest BCUT2D eigenvalue weighted by atomic mass is 10.1. The molecule has 0 atom stereocenters. The zero-order valence-electron chi connectivity index (χ0n) is 14.4. The Labute approximate surface area is 143 Å². The first kappa shape index (κ1) is 16.4. The number of rotatable bonds is 4. The molecule has 0 bridgehead atoms. The number of nitrogens with one attached hydrogen (secondary N) is 1. The van der Waals surface area contributed by atoms with Crippen LogP contribution in [-0.4, -0.2) is 33.9 Å². The van der Waals surface area contributed by atoms with Crippen molar-refractivity contribution in [1.29, 1.82) is 0 Å². The normalized spacial score (nSPS) is 14.5. The molecule has 0 saturated carbocycles. The molecule has 0 aliphatic carbocycles. The van der Waals surface area contributed by atoms with Gasteiger partial charge in [-0.15, -0.1) is 0 Å². The smallest absolute Gasteiger partial charge is 0.272 e. The molecule has 1 aliphatic heterocycles. The van der Waals surface area contributed by atoms with Gasteiger partial charge in [-0.2, -0.15) is 0 Å². The molecule has 1 aromatic carbocycles. The van der Waals surface area contributed by atoms with Gasteiger partial charge in [-0.05, 0) is 44.7 Å². The van der Waals surface area contributed by atoms with E-state index in [0.717, 1.165) is 31.6 Å². The monoisotopic (exact) mass is 324 g/mol. The van der Waals surface area contributed by atoms with Gasteiger partial charge in [0.2, 0.25) is 5.95 Å². The SMILES string of the molecule is Cc1cccc(CNc2nc(C)cc(C(=O)N3CCCCC3)n2)c1. The average Bonchev–Trinajstić information content (AvgIpc) is 2.60. The Bertz CT molecular complexity index is 723. The fourth-order valence-electron chi connectivity index (χ4n) is 3.02. The third kappa shape index (κ3) is 4.10. The molecule has 1 aliphatic rings. The molecule has 5 heteroatoms. The Balaban J connectivity index is 1.72. The van der Waals surface area contributed by atoms with E-state index in [9.17, 15) is 4.79 Å². The zero-order valence-corrected chi connectivity index (χ0v) is 14.4. The second-order valence-electron chi connectivity index (χ2n) is 6.41. The molecule has 5 nitrogen and oxygen atoms in total. The number of benzene rings is 1. The van der Waals surface area contributed by atoms with Crippen molar-refractivity contribution in [3.8, 4) is 0 Å². The Morgan fingerprint density at radius 2 is 1.92 bits per heavy atom. The quantitative estimate of drug-likeness (QED) is 0.937. The Morgan fingerprint density at radius 3 is 2.67 bits per heavy atom. The average molecular weight is 324 g/mol. The largest absolute Gasteiger partial charge is 0.350 e. The van der Waals surface area contributed by atoms with Gasteiger partial charge in [0.1, 0.15) is 5.69 Å². The van der Waals surface area contributed by atoms with Crippen molar-refractivity contribution < 1.29 is 4.79 Å². The van der Waals surface area contributed by atoms with E-state index in [1.54, 1.807) is 6.07 Å². The molecule has 1 N–H and O–H groups in total. The van der Waals surface area contributed by atoms with Gasteiger partial charge in [-0.25, -0.2) is 9.97 Å². The van der Waals surface area contributed by atoms with Crippen LogP contribution in [0.4, 0.5) is 5.95 Å². The van der Waals surface area contributed by atoms with Crippen molar-refractivity contribution in [2.75, 3.05) is 18.4 Å². The fourth-order valence-corrected chi connectivity index (χ4v) is 3.02. The lowest BCUT2D eigenvalue weighted by molar-refractivity contribution is 0.0718. The fraction of sp³-hybridized carbons (Fsp3) is 0.421. The molecule has 1 saturated heterocycles. The van der Waals surface area contributed by atoms with Crippen molar-refractivity contribution in [2.45, 2.75) is 39.7 Å². The molecule has 0 spiro atoms. The van der Waals surface area contributed by atoms with Crippen LogP contribution in [0.15, 0.2) is 30.3 Å². The van der Waals surface area contributed by atoms with Crippen molar-refractivity contribution in [2.24, 2.45) is 0 Å². The minimum atomic E-state index is 0.0128. The number of hydrogen-bond donors (Lipinski definition) is 1. The molecule has 0 radical (unpaired) electrons. The molecular weight excluding hydrogens is 300 g/mol. The Kier molecular flexibility index (Phi) is 5.08. The number of aryl methyl sites for hydroxylation is 2. The Hall–Kier alpha value is -2.43. The summed E-state index contributed by atoms with van der Waals surface area (Å²) in [6, 6.07) is 10.1. The van der Waals surface area contributed by atoms with Crippen molar-refractivity contribution in [3.05, 3.63) is 52.8 Å². The first-order chi connectivity index (χ1) is 11.6. The van der Waals surface area contributed by atoms with Crippen LogP contribution in [0.2, 0.25) is 0 Å². The van der Waals surface area contributed by atoms with E-state index < -0.39 is 0 Å². The van der Waals surface area contributed by atoms with Crippen LogP contribution >= 0.6 is 0 Å². The topological polar surface area (TPSA) is 58.1 Å². The number of carbonyl (C=O) groups is 1. The first-order valence-electron chi connectivity index (χ1n) is 8.56. The van der Waals surface area contributed by atoms with Crippen molar-refractivity contribution >= 4 is 11.9 Å². The van der Waals surface area contributed by atoms with E-state index in [0.29, 0.717) is 18.2 Å². The van der Waals surface area contributed by atoms with Gasteiger partial charge in [0.15, 0.2) is 0 Å². The number of carbonyl (C=O) groups excluding carboxylic acids is 1. The van der Waals surface area contributed by atoms with Gasteiger partial charge in [-0.3, -0.25) is 4.79 Å². The molecule has 3 rings (SSSR count). The molecule has 2 heterocycles. The first-order valence-corrected chi connectivity index (χ1v) is 8.56. The van der Waals surface area contributed by atoms with Crippen molar-refractivity contribution in [1.82, 2.24) is 14.9 Å². The van der Waals surface area contributed by atoms with E-state index in [2.05, 4.69) is 40.4 Å². The molecule has 0 unspecified atom stereocenters. The van der Waals surface area contributed by atoms with Gasteiger partial charge in [0, 0.05) is 25.3 Å². The summed E-state index contributed by atoms with van der Waals surface area (Å²) >= 11 is 0. The summed E-state index contributed by atoms with van der Waals surface area (Å²) in [7, 11) is 0. The number of amides is 1. The van der Waals surface area contributed by atoms with Gasteiger partial charge in [0.05, 0.1) is 0 Å². The Morgan fingerprint density at radius 1 is 1.12 bits per heavy atom. The van der Waals surface area contributed by atoms with Crippen LogP contribution in [0, 0.1) is 13.8 Å². The molecule has 126 valence electrons. The summed E-state index contributed by atoms with van der Waals surface area (Å²) in [5.74, 6) is 0.524. The predicted molar refractivity (Wildman–Crippen MR) is 95.0 cm³/mol. The number of likely N-dealkylation sites (tertiary alicyclic amines) is 1. The molecule has 2 aromatic rings. The molecule has 1 fully saturated rings. The van der Waals surface area contributed by atoms with Gasteiger partial charge in [0.25, 0.3) is 5.91 Å². The third-order valence-electron chi connectivity index (χ3n) is 4.25. The van der Waals surface area contributed by atoms with E-state index in [1.165, 1.54) is 17.5 Å². The maximum atomic E-state index is 12.6. The summed E-state index contributed by atoms with van der Waals surface area (Å²) in [5.41, 5.74) is 3.68. The molecule has 1 aromatic heterocycles. The van der Waals surface area contributed by atoms with Gasteiger partial charge >= 0.3 is 0 Å². The number of aromatic nitrogens is 2. The number of hydrogen-bond acceptors (Lipinski definition) is 4. The number of piperidine rings is 1. The van der Waals surface area contributed by atoms with Crippen molar-refractivity contribution in [3.63, 3.8) is 0 Å². The summed E-state index contributed by atoms with van der Waals surface area (Å²) in [6.07, 6.45) is 3.36. The van der Waals surface area contributed by atoms with E-state index in [4.69, 9.17) is 0 Å². The second-order valence-corrected chi connectivity index (χ2v) is 6.41. The summed E-state index contributed by atoms with van der Waals surface area (Å²) in [4.78, 5) is 23.4. The van der Waals surface area contributed by atoms with Crippen LogP contribution in [0.5, 0.6) is 0 Å². The minimum Gasteiger partial charge on any atom is -0.350 e. The highest BCUT2D eigenvalue weighted by Crippen LogP contribution is 2.14. The minimum absolute atomic E-state index is 0.0128. The third-order valence-corrected chi connectivity index (χ3v) is 4.25. The number of nitrogens with zero attached hydrogens (tertiary/aromatic N) is 3. The van der Waals surface area contributed by atoms with Gasteiger partial charge < -0.3 is 10.2 Å². The lowest BCUT2D eigenvalue weighted by Gasteiger charge is -2.26. The van der Waals surface area contributed by atoms with Crippen LogP contribution in [0.1, 0.15) is 46.6 Å². The summed E-state index contributed by atoms with van der Waals surface area (Å²) < 4.78 is 0. The summed E-state index contributed by atoms with van der Waals surface area (Å²) in [5, 5.41) is 3.23. The van der Waals surface area contributed by atoms with Crippen LogP contribution < -0.4 is 5.32 Å². The van der Waals surface area contributed by atoms with Crippen LogP contribution in [0.25, 0.3) is 0 Å². The highest BCUT2D eigenvalue weighted by molar-refractivity contribution is 5.92. The van der Waals surface area contributed by atoms with Crippen LogP contribution in [-0.2, 0) is 6.54 Å².